The Kier molecular flexibility index (Phi) is 10.6. The zero-order chi connectivity index (χ0) is 24.1. The number of carbonyl (C=O) groups is 1. The fourth-order valence-electron chi connectivity index (χ4n) is 3.29. The number of rotatable bonds is 5. The Balaban J connectivity index is 0.000000221. The number of nitrogens with zero attached hydrogens (tertiary/aromatic N) is 3. The van der Waals surface area contributed by atoms with Crippen molar-refractivity contribution < 1.29 is 9.53 Å². The topological polar surface area (TPSA) is 121 Å². The number of anilines is 2. The van der Waals surface area contributed by atoms with E-state index in [-0.39, 0.29) is 5.70 Å². The van der Waals surface area contributed by atoms with E-state index in [1.807, 2.05) is 25.2 Å². The number of hydrogen-bond donors (Lipinski definition) is 4. The van der Waals surface area contributed by atoms with Crippen molar-refractivity contribution in [1.29, 1.82) is 0 Å². The van der Waals surface area contributed by atoms with Crippen molar-refractivity contribution in [3.05, 3.63) is 66.5 Å². The number of nitrogens with two attached hydrogens (primary N) is 1. The number of carbonyl (C=O) groups excluding carboxylic acids is 1. The minimum Gasteiger partial charge on any atom is -0.481 e. The minimum absolute atomic E-state index is 0.113. The van der Waals surface area contributed by atoms with Crippen molar-refractivity contribution in [2.45, 2.75) is 0 Å². The largest absolute Gasteiger partial charge is 0.481 e. The quantitative estimate of drug-likeness (QED) is 0.203. The number of H-pyrrole nitrogens is 1. The molecule has 0 bridgehead atoms. The average Bonchev–Trinajstić information content (AvgIpc) is 3.38. The standard InChI is InChI=1S/C12H11N3O2.C11H17N3.CH5N/c1-8(7-16)14-12(17-2)9-4-3-5-11-10(9)6-13-15-11;1-12-10-2-4-11(5-3-10)14-8-6-13-7-9-14;1-2/h3-7H,1H2,2H3,(H,13,15);2-5,12-13H,6-9H2,1H3;2H2,1H3. The van der Waals surface area contributed by atoms with Crippen LogP contribution in [0.2, 0.25) is 0 Å². The molecule has 9 nitrogen and oxygen atoms in total. The SMILES string of the molecule is C=C(C=O)N=C(OC)c1cccc2[nH]ncc12.CN.CNc1ccc(N2CCNCC2)cc1. The molecular formula is C24H33N7O2. The molecule has 0 atom stereocenters. The van der Waals surface area contributed by atoms with Crippen LogP contribution in [0.5, 0.6) is 0 Å². The van der Waals surface area contributed by atoms with Gasteiger partial charge in [0, 0.05) is 55.6 Å². The third-order valence-corrected chi connectivity index (χ3v) is 4.93. The summed E-state index contributed by atoms with van der Waals surface area (Å²) in [7, 11) is 4.94. The van der Waals surface area contributed by atoms with E-state index >= 15 is 0 Å². The van der Waals surface area contributed by atoms with E-state index in [4.69, 9.17) is 4.74 Å². The van der Waals surface area contributed by atoms with Crippen LogP contribution >= 0.6 is 0 Å². The van der Waals surface area contributed by atoms with Gasteiger partial charge >= 0.3 is 0 Å². The number of methoxy groups -OCH3 is 1. The van der Waals surface area contributed by atoms with Gasteiger partial charge in [0.2, 0.25) is 5.90 Å². The lowest BCUT2D eigenvalue weighted by atomic mass is 10.1. The summed E-state index contributed by atoms with van der Waals surface area (Å²) in [6.07, 6.45) is 2.26. The van der Waals surface area contributed by atoms with Crippen LogP contribution in [0.3, 0.4) is 0 Å². The fraction of sp³-hybridized carbons (Fsp3) is 0.292. The molecule has 5 N–H and O–H groups in total. The second-order valence-electron chi connectivity index (χ2n) is 6.90. The van der Waals surface area contributed by atoms with Crippen molar-refractivity contribution in [2.75, 3.05) is 57.6 Å². The molecule has 176 valence electrons. The van der Waals surface area contributed by atoms with E-state index in [0.29, 0.717) is 12.2 Å². The van der Waals surface area contributed by atoms with Crippen molar-refractivity contribution in [3.8, 4) is 0 Å². The van der Waals surface area contributed by atoms with E-state index in [9.17, 15) is 4.79 Å². The molecule has 9 heteroatoms. The van der Waals surface area contributed by atoms with Gasteiger partial charge in [0.25, 0.3) is 0 Å². The zero-order valence-electron chi connectivity index (χ0n) is 19.5. The number of aromatic nitrogens is 2. The van der Waals surface area contributed by atoms with Gasteiger partial charge in [0.15, 0.2) is 6.29 Å². The monoisotopic (exact) mass is 451 g/mol. The highest BCUT2D eigenvalue weighted by molar-refractivity contribution is 6.07. The molecule has 33 heavy (non-hydrogen) atoms. The Morgan fingerprint density at radius 2 is 1.91 bits per heavy atom. The Bertz CT molecular complexity index is 1040. The first-order valence-electron chi connectivity index (χ1n) is 10.7. The number of aromatic amines is 1. The molecular weight excluding hydrogens is 418 g/mol. The van der Waals surface area contributed by atoms with Gasteiger partial charge in [-0.3, -0.25) is 9.89 Å². The van der Waals surface area contributed by atoms with E-state index in [1.165, 1.54) is 25.5 Å². The van der Waals surface area contributed by atoms with Gasteiger partial charge in [-0.05, 0) is 43.4 Å². The van der Waals surface area contributed by atoms with E-state index < -0.39 is 0 Å². The molecule has 1 saturated heterocycles. The van der Waals surface area contributed by atoms with Crippen LogP contribution in [-0.4, -0.2) is 69.8 Å². The Labute approximate surface area is 194 Å². The third kappa shape index (κ3) is 7.16. The van der Waals surface area contributed by atoms with Crippen LogP contribution in [0.25, 0.3) is 10.9 Å². The maximum absolute atomic E-state index is 10.5. The Hall–Kier alpha value is -3.69. The van der Waals surface area contributed by atoms with Crippen LogP contribution in [-0.2, 0) is 9.53 Å². The summed E-state index contributed by atoms with van der Waals surface area (Å²) in [5, 5.41) is 14.2. The molecule has 2 aromatic carbocycles. The van der Waals surface area contributed by atoms with Crippen molar-refractivity contribution >= 4 is 34.5 Å². The van der Waals surface area contributed by atoms with Gasteiger partial charge in [-0.1, -0.05) is 12.6 Å². The molecule has 0 saturated carbocycles. The van der Waals surface area contributed by atoms with E-state index in [1.54, 1.807) is 6.20 Å². The number of aliphatic imine (C=N–C) groups is 1. The number of ether oxygens (including phenoxy) is 1. The molecule has 0 radical (unpaired) electrons. The number of piperazine rings is 1. The third-order valence-electron chi connectivity index (χ3n) is 4.93. The van der Waals surface area contributed by atoms with Gasteiger partial charge in [0.1, 0.15) is 0 Å². The highest BCUT2D eigenvalue weighted by Crippen LogP contribution is 2.18. The molecule has 0 spiro atoms. The summed E-state index contributed by atoms with van der Waals surface area (Å²) >= 11 is 0. The molecule has 2 heterocycles. The summed E-state index contributed by atoms with van der Waals surface area (Å²) in [6.45, 7) is 7.90. The number of nitrogens with one attached hydrogen (secondary N) is 3. The van der Waals surface area contributed by atoms with Gasteiger partial charge in [-0.2, -0.15) is 5.10 Å². The molecule has 0 amide bonds. The fourth-order valence-corrected chi connectivity index (χ4v) is 3.29. The molecule has 1 aliphatic heterocycles. The smallest absolute Gasteiger partial charge is 0.221 e. The zero-order valence-corrected chi connectivity index (χ0v) is 19.5. The number of fused-ring (bicyclic) bond motifs is 1. The predicted molar refractivity (Wildman–Crippen MR) is 136 cm³/mol. The van der Waals surface area contributed by atoms with Crippen LogP contribution in [0.4, 0.5) is 11.4 Å². The molecule has 1 aromatic heterocycles. The maximum atomic E-state index is 10.5. The lowest BCUT2D eigenvalue weighted by molar-refractivity contribution is -0.104. The number of hydrogen-bond acceptors (Lipinski definition) is 8. The molecule has 0 aliphatic carbocycles. The number of allylic oxidation sites excluding steroid dienone is 1. The molecule has 0 unspecified atom stereocenters. The van der Waals surface area contributed by atoms with Crippen LogP contribution in [0.15, 0.2) is 65.9 Å². The summed E-state index contributed by atoms with van der Waals surface area (Å²) in [6, 6.07) is 14.2. The molecule has 4 rings (SSSR count). The first-order chi connectivity index (χ1) is 16.2. The van der Waals surface area contributed by atoms with Crippen LogP contribution in [0.1, 0.15) is 5.56 Å². The summed E-state index contributed by atoms with van der Waals surface area (Å²) in [5.74, 6) is 0.342. The highest BCUT2D eigenvalue weighted by Gasteiger charge is 2.10. The van der Waals surface area contributed by atoms with E-state index in [0.717, 1.165) is 42.6 Å². The van der Waals surface area contributed by atoms with Crippen molar-refractivity contribution in [3.63, 3.8) is 0 Å². The van der Waals surface area contributed by atoms with Crippen molar-refractivity contribution in [2.24, 2.45) is 10.7 Å². The summed E-state index contributed by atoms with van der Waals surface area (Å²) in [5.41, 5.74) is 8.75. The second-order valence-corrected chi connectivity index (χ2v) is 6.90. The van der Waals surface area contributed by atoms with Crippen LogP contribution < -0.4 is 21.3 Å². The van der Waals surface area contributed by atoms with Crippen LogP contribution in [0, 0.1) is 0 Å². The van der Waals surface area contributed by atoms with Gasteiger partial charge < -0.3 is 26.0 Å². The summed E-state index contributed by atoms with van der Waals surface area (Å²) in [4.78, 5) is 16.9. The second kappa shape index (κ2) is 13.7. The molecule has 1 aliphatic rings. The maximum Gasteiger partial charge on any atom is 0.221 e. The van der Waals surface area contributed by atoms with Gasteiger partial charge in [-0.15, -0.1) is 0 Å². The number of aldehydes is 1. The molecule has 1 fully saturated rings. The summed E-state index contributed by atoms with van der Waals surface area (Å²) < 4.78 is 5.17. The van der Waals surface area contributed by atoms with Gasteiger partial charge in [0.05, 0.1) is 24.5 Å². The minimum atomic E-state index is 0.113. The van der Waals surface area contributed by atoms with Crippen molar-refractivity contribution in [1.82, 2.24) is 15.5 Å². The number of benzene rings is 2. The lowest BCUT2D eigenvalue weighted by Crippen LogP contribution is -2.43. The molecule has 3 aromatic rings. The Morgan fingerprint density at radius 3 is 2.52 bits per heavy atom. The Morgan fingerprint density at radius 1 is 1.21 bits per heavy atom. The van der Waals surface area contributed by atoms with Gasteiger partial charge in [-0.25, -0.2) is 4.99 Å². The first kappa shape index (κ1) is 25.6. The van der Waals surface area contributed by atoms with E-state index in [2.05, 4.69) is 67.3 Å². The highest BCUT2D eigenvalue weighted by atomic mass is 16.5. The lowest BCUT2D eigenvalue weighted by Gasteiger charge is -2.29. The predicted octanol–water partition coefficient (Wildman–Crippen LogP) is 2.38. The normalized spacial score (nSPS) is 13.2. The average molecular weight is 452 g/mol. The first-order valence-corrected chi connectivity index (χ1v) is 10.7.